The van der Waals surface area contributed by atoms with Crippen LogP contribution in [-0.2, 0) is 13.0 Å². The van der Waals surface area contributed by atoms with Crippen molar-refractivity contribution in [1.82, 2.24) is 10.3 Å². The van der Waals surface area contributed by atoms with E-state index in [0.717, 1.165) is 24.0 Å². The van der Waals surface area contributed by atoms with Crippen LogP contribution in [0.1, 0.15) is 11.3 Å². The van der Waals surface area contributed by atoms with E-state index < -0.39 is 0 Å². The van der Waals surface area contributed by atoms with Gasteiger partial charge in [-0.3, -0.25) is 0 Å². The van der Waals surface area contributed by atoms with Crippen LogP contribution in [0.15, 0.2) is 34.8 Å². The predicted molar refractivity (Wildman–Crippen MR) is 69.3 cm³/mol. The SMILES string of the molecule is Brc1ccc(-c2cc3c([nH]2)CNCC3)cc1. The maximum Gasteiger partial charge on any atom is 0.0459 e. The lowest BCUT2D eigenvalue weighted by Crippen LogP contribution is -2.22. The second-order valence-corrected chi connectivity index (χ2v) is 5.04. The van der Waals surface area contributed by atoms with E-state index in [-0.39, 0.29) is 0 Å². The second-order valence-electron chi connectivity index (χ2n) is 4.12. The molecule has 0 bridgehead atoms. The van der Waals surface area contributed by atoms with E-state index in [0.29, 0.717) is 0 Å². The molecular formula is C13H13BrN2. The van der Waals surface area contributed by atoms with E-state index in [1.807, 2.05) is 0 Å². The van der Waals surface area contributed by atoms with Gasteiger partial charge in [-0.15, -0.1) is 0 Å². The van der Waals surface area contributed by atoms with E-state index in [4.69, 9.17) is 0 Å². The quantitative estimate of drug-likeness (QED) is 0.823. The zero-order valence-electron chi connectivity index (χ0n) is 8.89. The van der Waals surface area contributed by atoms with Gasteiger partial charge in [-0.1, -0.05) is 28.1 Å². The average molecular weight is 277 g/mol. The van der Waals surface area contributed by atoms with Crippen LogP contribution in [0.4, 0.5) is 0 Å². The smallest absolute Gasteiger partial charge is 0.0459 e. The zero-order chi connectivity index (χ0) is 11.0. The Balaban J connectivity index is 2.00. The molecule has 0 atom stereocenters. The molecule has 0 amide bonds. The average Bonchev–Trinajstić information content (AvgIpc) is 2.73. The minimum absolute atomic E-state index is 0.964. The van der Waals surface area contributed by atoms with Crippen LogP contribution in [0.5, 0.6) is 0 Å². The molecule has 2 aromatic rings. The highest BCUT2D eigenvalue weighted by atomic mass is 79.9. The van der Waals surface area contributed by atoms with Crippen molar-refractivity contribution in [3.63, 3.8) is 0 Å². The zero-order valence-corrected chi connectivity index (χ0v) is 10.5. The van der Waals surface area contributed by atoms with Gasteiger partial charge in [0.25, 0.3) is 0 Å². The van der Waals surface area contributed by atoms with E-state index in [1.165, 1.54) is 22.5 Å². The molecule has 82 valence electrons. The number of fused-ring (bicyclic) bond motifs is 1. The first kappa shape index (κ1) is 10.1. The van der Waals surface area contributed by atoms with Crippen molar-refractivity contribution in [3.05, 3.63) is 46.1 Å². The number of H-pyrrole nitrogens is 1. The lowest BCUT2D eigenvalue weighted by atomic mass is 10.1. The molecule has 1 aromatic heterocycles. The molecule has 0 radical (unpaired) electrons. The first-order valence-corrected chi connectivity index (χ1v) is 6.29. The summed E-state index contributed by atoms with van der Waals surface area (Å²) in [5, 5.41) is 3.38. The molecule has 2 N–H and O–H groups in total. The standard InChI is InChI=1S/C13H13BrN2/c14-11-3-1-9(2-4-11)12-7-10-5-6-15-8-13(10)16-12/h1-4,7,15-16H,5-6,8H2. The number of benzene rings is 1. The Labute approximate surface area is 103 Å². The molecular weight excluding hydrogens is 264 g/mol. The number of halogens is 1. The van der Waals surface area contributed by atoms with Crippen LogP contribution in [0.2, 0.25) is 0 Å². The Kier molecular flexibility index (Phi) is 2.58. The molecule has 0 unspecified atom stereocenters. The fourth-order valence-corrected chi connectivity index (χ4v) is 2.41. The Morgan fingerprint density at radius 2 is 1.94 bits per heavy atom. The maximum atomic E-state index is 3.49. The number of hydrogen-bond acceptors (Lipinski definition) is 1. The van der Waals surface area contributed by atoms with Gasteiger partial charge < -0.3 is 10.3 Å². The number of rotatable bonds is 1. The number of nitrogens with one attached hydrogen (secondary N) is 2. The van der Waals surface area contributed by atoms with Gasteiger partial charge in [-0.25, -0.2) is 0 Å². The maximum absolute atomic E-state index is 3.49. The summed E-state index contributed by atoms with van der Waals surface area (Å²) in [5.41, 5.74) is 5.26. The molecule has 1 aliphatic rings. The predicted octanol–water partition coefficient (Wildman–Crippen LogP) is 3.09. The molecule has 0 saturated heterocycles. The summed E-state index contributed by atoms with van der Waals surface area (Å²) >= 11 is 3.45. The van der Waals surface area contributed by atoms with E-state index >= 15 is 0 Å². The minimum atomic E-state index is 0.964. The van der Waals surface area contributed by atoms with Crippen LogP contribution in [0, 0.1) is 0 Å². The van der Waals surface area contributed by atoms with Gasteiger partial charge in [0, 0.05) is 22.4 Å². The van der Waals surface area contributed by atoms with Crippen LogP contribution >= 0.6 is 15.9 Å². The topological polar surface area (TPSA) is 27.8 Å². The van der Waals surface area contributed by atoms with Crippen molar-refractivity contribution in [3.8, 4) is 11.3 Å². The van der Waals surface area contributed by atoms with Crippen molar-refractivity contribution in [2.75, 3.05) is 6.54 Å². The van der Waals surface area contributed by atoms with Crippen LogP contribution < -0.4 is 5.32 Å². The third-order valence-corrected chi connectivity index (χ3v) is 3.55. The monoisotopic (exact) mass is 276 g/mol. The molecule has 0 spiro atoms. The van der Waals surface area contributed by atoms with Gasteiger partial charge >= 0.3 is 0 Å². The van der Waals surface area contributed by atoms with Gasteiger partial charge in [-0.2, -0.15) is 0 Å². The van der Waals surface area contributed by atoms with Crippen molar-refractivity contribution in [2.24, 2.45) is 0 Å². The molecule has 0 saturated carbocycles. The lowest BCUT2D eigenvalue weighted by Gasteiger charge is -2.11. The summed E-state index contributed by atoms with van der Waals surface area (Å²) in [7, 11) is 0. The summed E-state index contributed by atoms with van der Waals surface area (Å²) in [4.78, 5) is 3.49. The van der Waals surface area contributed by atoms with Gasteiger partial charge in [0.05, 0.1) is 0 Å². The molecule has 0 fully saturated rings. The molecule has 2 heterocycles. The van der Waals surface area contributed by atoms with Gasteiger partial charge in [0.2, 0.25) is 0 Å². The van der Waals surface area contributed by atoms with Crippen molar-refractivity contribution < 1.29 is 0 Å². The molecule has 3 rings (SSSR count). The Morgan fingerprint density at radius 3 is 2.69 bits per heavy atom. The second kappa shape index (κ2) is 4.07. The van der Waals surface area contributed by atoms with Crippen LogP contribution in [-0.4, -0.2) is 11.5 Å². The molecule has 16 heavy (non-hydrogen) atoms. The molecule has 1 aliphatic heterocycles. The number of hydrogen-bond donors (Lipinski definition) is 2. The Bertz CT molecular complexity index is 476. The largest absolute Gasteiger partial charge is 0.357 e. The third kappa shape index (κ3) is 1.81. The summed E-state index contributed by atoms with van der Waals surface area (Å²) in [6.45, 7) is 2.05. The normalized spacial score (nSPS) is 14.8. The Morgan fingerprint density at radius 1 is 1.12 bits per heavy atom. The number of aromatic nitrogens is 1. The summed E-state index contributed by atoms with van der Waals surface area (Å²) in [6.07, 6.45) is 1.13. The van der Waals surface area contributed by atoms with E-state index in [2.05, 4.69) is 56.6 Å². The van der Waals surface area contributed by atoms with Crippen molar-refractivity contribution >= 4 is 15.9 Å². The summed E-state index contributed by atoms with van der Waals surface area (Å²) in [5.74, 6) is 0. The van der Waals surface area contributed by atoms with E-state index in [9.17, 15) is 0 Å². The fraction of sp³-hybridized carbons (Fsp3) is 0.231. The van der Waals surface area contributed by atoms with Crippen LogP contribution in [0.3, 0.4) is 0 Å². The lowest BCUT2D eigenvalue weighted by molar-refractivity contribution is 0.635. The van der Waals surface area contributed by atoms with Crippen molar-refractivity contribution in [2.45, 2.75) is 13.0 Å². The van der Waals surface area contributed by atoms with Gasteiger partial charge in [0.15, 0.2) is 0 Å². The molecule has 0 aliphatic carbocycles. The summed E-state index contributed by atoms with van der Waals surface area (Å²) < 4.78 is 1.12. The van der Waals surface area contributed by atoms with Crippen molar-refractivity contribution in [1.29, 1.82) is 0 Å². The molecule has 1 aromatic carbocycles. The summed E-state index contributed by atoms with van der Waals surface area (Å²) in [6, 6.07) is 10.7. The highest BCUT2D eigenvalue weighted by Crippen LogP contribution is 2.25. The fourth-order valence-electron chi connectivity index (χ4n) is 2.14. The van der Waals surface area contributed by atoms with Gasteiger partial charge in [-0.05, 0) is 42.3 Å². The van der Waals surface area contributed by atoms with E-state index in [1.54, 1.807) is 0 Å². The highest BCUT2D eigenvalue weighted by molar-refractivity contribution is 9.10. The van der Waals surface area contributed by atoms with Crippen LogP contribution in [0.25, 0.3) is 11.3 Å². The highest BCUT2D eigenvalue weighted by Gasteiger charge is 2.12. The molecule has 3 heteroatoms. The third-order valence-electron chi connectivity index (χ3n) is 3.02. The number of aromatic amines is 1. The first-order chi connectivity index (χ1) is 7.83. The minimum Gasteiger partial charge on any atom is -0.357 e. The first-order valence-electron chi connectivity index (χ1n) is 5.50. The molecule has 2 nitrogen and oxygen atoms in total. The van der Waals surface area contributed by atoms with Gasteiger partial charge in [0.1, 0.15) is 0 Å². The Hall–Kier alpha value is -1.06.